The van der Waals surface area contributed by atoms with Gasteiger partial charge in [0.1, 0.15) is 4.49 Å². The van der Waals surface area contributed by atoms with Gasteiger partial charge in [-0.1, -0.05) is 29.3 Å². The van der Waals surface area contributed by atoms with Crippen molar-refractivity contribution in [1.82, 2.24) is 0 Å². The smallest absolute Gasteiger partial charge is 0.0713 e. The predicted molar refractivity (Wildman–Crippen MR) is 25.5 cm³/mol. The van der Waals surface area contributed by atoms with Crippen molar-refractivity contribution in [3.8, 4) is 0 Å². The summed E-state index contributed by atoms with van der Waals surface area (Å²) in [5.74, 6) is 0. The summed E-state index contributed by atoms with van der Waals surface area (Å²) in [5, 5.41) is 0. The van der Waals surface area contributed by atoms with Gasteiger partial charge in [-0.05, 0) is 6.92 Å². The molecule has 0 rings (SSSR count). The van der Waals surface area contributed by atoms with E-state index >= 15 is 0 Å². The van der Waals surface area contributed by atoms with Gasteiger partial charge in [-0.15, -0.1) is 0 Å². The molecule has 0 atom stereocenters. The van der Waals surface area contributed by atoms with Crippen LogP contribution in [-0.4, -0.2) is 0 Å². The summed E-state index contributed by atoms with van der Waals surface area (Å²) in [4.78, 5) is 0. The van der Waals surface area contributed by atoms with Gasteiger partial charge in [-0.3, -0.25) is 0 Å². The van der Waals surface area contributed by atoms with Crippen LogP contribution in [0.25, 0.3) is 0 Å². The van der Waals surface area contributed by atoms with E-state index in [0.717, 1.165) is 0 Å². The van der Waals surface area contributed by atoms with Gasteiger partial charge < -0.3 is 0 Å². The molecular weight excluding hydrogens is 213 g/mol. The van der Waals surface area contributed by atoms with E-state index in [-0.39, 0.29) is 20.4 Å². The Morgan fingerprint density at radius 2 is 1.67 bits per heavy atom. The maximum Gasteiger partial charge on any atom is 0.102 e. The third-order valence-electron chi connectivity index (χ3n) is 0.218. The standard InChI is InChI=1S/C3H4Cl2.Pd/c1-2-3(4)5;/h2H,1H3;. The summed E-state index contributed by atoms with van der Waals surface area (Å²) in [6, 6.07) is 0. The van der Waals surface area contributed by atoms with Crippen molar-refractivity contribution in [1.29, 1.82) is 0 Å². The van der Waals surface area contributed by atoms with Crippen molar-refractivity contribution in [3.63, 3.8) is 0 Å². The Bertz CT molecular complexity index is 46.8. The van der Waals surface area contributed by atoms with Gasteiger partial charge in [0.2, 0.25) is 0 Å². The van der Waals surface area contributed by atoms with Crippen LogP contribution in [0.1, 0.15) is 6.92 Å². The molecule has 0 aliphatic rings. The molecule has 0 unspecified atom stereocenters. The van der Waals surface area contributed by atoms with Crippen molar-refractivity contribution in [2.24, 2.45) is 0 Å². The molecule has 0 aromatic heterocycles. The normalized spacial score (nSPS) is 5.83. The van der Waals surface area contributed by atoms with Crippen molar-refractivity contribution < 1.29 is 20.4 Å². The maximum atomic E-state index is 5.09. The van der Waals surface area contributed by atoms with Crippen LogP contribution < -0.4 is 0 Å². The fourth-order valence-corrected chi connectivity index (χ4v) is 0. The van der Waals surface area contributed by atoms with Crippen molar-refractivity contribution >= 4 is 23.2 Å². The monoisotopic (exact) mass is 216 g/mol. The second-order valence-corrected chi connectivity index (χ2v) is 1.59. The van der Waals surface area contributed by atoms with E-state index in [9.17, 15) is 0 Å². The van der Waals surface area contributed by atoms with E-state index in [1.54, 1.807) is 13.0 Å². The first kappa shape index (κ1) is 10.1. The SMILES string of the molecule is CC=C(Cl)Cl.[Pd]. The molecule has 0 saturated carbocycles. The molecule has 40 valence electrons. The Kier molecular flexibility index (Phi) is 10.0. The van der Waals surface area contributed by atoms with Gasteiger partial charge in [0.15, 0.2) is 0 Å². The van der Waals surface area contributed by atoms with Crippen LogP contribution in [0.2, 0.25) is 0 Å². The zero-order chi connectivity index (χ0) is 4.28. The number of allylic oxidation sites excluding steroid dienone is 1. The van der Waals surface area contributed by atoms with E-state index in [1.165, 1.54) is 0 Å². The van der Waals surface area contributed by atoms with Crippen LogP contribution in [0.15, 0.2) is 10.6 Å². The summed E-state index contributed by atoms with van der Waals surface area (Å²) in [6.07, 6.45) is 1.61. The molecule has 6 heavy (non-hydrogen) atoms. The van der Waals surface area contributed by atoms with Crippen LogP contribution >= 0.6 is 23.2 Å². The van der Waals surface area contributed by atoms with Gasteiger partial charge in [0, 0.05) is 20.4 Å². The molecule has 0 aromatic carbocycles. The fourth-order valence-electron chi connectivity index (χ4n) is 0. The predicted octanol–water partition coefficient (Wildman–Crippen LogP) is 2.32. The molecule has 0 aliphatic carbocycles. The van der Waals surface area contributed by atoms with Crippen LogP contribution in [0.4, 0.5) is 0 Å². The molecule has 0 radical (unpaired) electrons. The Hall–Kier alpha value is 0.982. The van der Waals surface area contributed by atoms with E-state index < -0.39 is 0 Å². The molecule has 0 saturated heterocycles. The number of halogens is 2. The minimum absolute atomic E-state index is 0. The summed E-state index contributed by atoms with van der Waals surface area (Å²) in [7, 11) is 0. The van der Waals surface area contributed by atoms with Gasteiger partial charge in [0.05, 0.1) is 0 Å². The van der Waals surface area contributed by atoms with Gasteiger partial charge >= 0.3 is 0 Å². The average Bonchev–Trinajstić information content (AvgIpc) is 1.38. The second kappa shape index (κ2) is 5.98. The van der Waals surface area contributed by atoms with Gasteiger partial charge in [0.25, 0.3) is 0 Å². The van der Waals surface area contributed by atoms with E-state index in [1.807, 2.05) is 0 Å². The van der Waals surface area contributed by atoms with E-state index in [4.69, 9.17) is 23.2 Å². The molecule has 0 bridgehead atoms. The Labute approximate surface area is 61.2 Å². The Morgan fingerprint density at radius 1 is 1.50 bits per heavy atom. The molecule has 0 fully saturated rings. The fraction of sp³-hybridized carbons (Fsp3) is 0.333. The molecule has 0 aliphatic heterocycles. The second-order valence-electron chi connectivity index (χ2n) is 0.578. The molecule has 0 nitrogen and oxygen atoms in total. The first-order chi connectivity index (χ1) is 2.27. The van der Waals surface area contributed by atoms with Crippen molar-refractivity contribution in [3.05, 3.63) is 10.6 Å². The molecular formula is C3H4Cl2Pd. The quantitative estimate of drug-likeness (QED) is 0.546. The van der Waals surface area contributed by atoms with E-state index in [2.05, 4.69) is 0 Å². The summed E-state index contributed by atoms with van der Waals surface area (Å²) >= 11 is 10.2. The van der Waals surface area contributed by atoms with Crippen LogP contribution in [0.5, 0.6) is 0 Å². The zero-order valence-electron chi connectivity index (χ0n) is 3.15. The van der Waals surface area contributed by atoms with Crippen LogP contribution in [0.3, 0.4) is 0 Å². The van der Waals surface area contributed by atoms with E-state index in [0.29, 0.717) is 4.49 Å². The molecule has 0 heterocycles. The molecule has 0 N–H and O–H groups in total. The molecule has 0 spiro atoms. The number of hydrogen-bond donors (Lipinski definition) is 0. The molecule has 0 amide bonds. The Balaban J connectivity index is 0. The first-order valence-corrected chi connectivity index (χ1v) is 2.00. The van der Waals surface area contributed by atoms with Crippen LogP contribution in [-0.2, 0) is 20.4 Å². The topological polar surface area (TPSA) is 0 Å². The minimum atomic E-state index is 0. The summed E-state index contributed by atoms with van der Waals surface area (Å²) in [6.45, 7) is 1.77. The summed E-state index contributed by atoms with van der Waals surface area (Å²) < 4.78 is 0.324. The Morgan fingerprint density at radius 3 is 1.67 bits per heavy atom. The largest absolute Gasteiger partial charge is 0.102 e. The minimum Gasteiger partial charge on any atom is -0.0713 e. The first-order valence-electron chi connectivity index (χ1n) is 1.24. The third kappa shape index (κ3) is 8.88. The van der Waals surface area contributed by atoms with Gasteiger partial charge in [-0.25, -0.2) is 0 Å². The molecule has 3 heteroatoms. The maximum absolute atomic E-state index is 5.09. The average molecular weight is 217 g/mol. The van der Waals surface area contributed by atoms with Crippen molar-refractivity contribution in [2.75, 3.05) is 0 Å². The molecule has 0 aromatic rings. The van der Waals surface area contributed by atoms with Crippen molar-refractivity contribution in [2.45, 2.75) is 6.92 Å². The number of rotatable bonds is 0. The zero-order valence-corrected chi connectivity index (χ0v) is 6.22. The third-order valence-corrected chi connectivity index (χ3v) is 0.655. The number of hydrogen-bond acceptors (Lipinski definition) is 0. The summed E-state index contributed by atoms with van der Waals surface area (Å²) in [5.41, 5.74) is 0. The van der Waals surface area contributed by atoms with Gasteiger partial charge in [-0.2, -0.15) is 0 Å². The van der Waals surface area contributed by atoms with Crippen LogP contribution in [0, 0.1) is 0 Å².